The van der Waals surface area contributed by atoms with E-state index in [-0.39, 0.29) is 18.5 Å². The van der Waals surface area contributed by atoms with Crippen molar-refractivity contribution >= 4 is 11.5 Å². The number of aromatic nitrogens is 6. The SMILES string of the molecule is COc1ccc(F)cc1[C@H]1CCCN1c1ccc2ncc(-n3cc(CCO)nn3)n2n1. The molecule has 0 saturated carbocycles. The molecule has 4 heterocycles. The Balaban J connectivity index is 1.53. The van der Waals surface area contributed by atoms with Crippen molar-refractivity contribution in [2.24, 2.45) is 0 Å². The van der Waals surface area contributed by atoms with Crippen LogP contribution in [0.4, 0.5) is 10.2 Å². The molecule has 0 unspecified atom stereocenters. The van der Waals surface area contributed by atoms with Crippen LogP contribution in [0.25, 0.3) is 11.5 Å². The molecule has 0 radical (unpaired) electrons. The molecule has 0 bridgehead atoms. The molecule has 10 heteroatoms. The number of rotatable bonds is 6. The van der Waals surface area contributed by atoms with E-state index >= 15 is 0 Å². The minimum absolute atomic E-state index is 0.00807. The largest absolute Gasteiger partial charge is 0.496 e. The topological polar surface area (TPSA) is 93.6 Å². The predicted octanol–water partition coefficient (Wildman–Crippen LogP) is 2.33. The average molecular weight is 423 g/mol. The minimum Gasteiger partial charge on any atom is -0.496 e. The second-order valence-corrected chi connectivity index (χ2v) is 7.44. The third-order valence-electron chi connectivity index (χ3n) is 5.57. The third kappa shape index (κ3) is 3.48. The summed E-state index contributed by atoms with van der Waals surface area (Å²) >= 11 is 0. The number of methoxy groups -OCH3 is 1. The number of halogens is 1. The summed E-state index contributed by atoms with van der Waals surface area (Å²) in [4.78, 5) is 6.57. The van der Waals surface area contributed by atoms with Crippen LogP contribution in [0.3, 0.4) is 0 Å². The number of hydrogen-bond acceptors (Lipinski definition) is 7. The number of nitrogens with zero attached hydrogens (tertiary/aromatic N) is 7. The zero-order valence-electron chi connectivity index (χ0n) is 17.0. The number of aliphatic hydroxyl groups excluding tert-OH is 1. The molecule has 0 spiro atoms. The van der Waals surface area contributed by atoms with Gasteiger partial charge in [-0.2, -0.15) is 4.52 Å². The van der Waals surface area contributed by atoms with Crippen molar-refractivity contribution in [2.45, 2.75) is 25.3 Å². The summed E-state index contributed by atoms with van der Waals surface area (Å²) in [7, 11) is 1.60. The molecule has 1 N–H and O–H groups in total. The molecule has 31 heavy (non-hydrogen) atoms. The van der Waals surface area contributed by atoms with Gasteiger partial charge in [0.1, 0.15) is 17.4 Å². The molecule has 160 valence electrons. The van der Waals surface area contributed by atoms with Crippen molar-refractivity contribution in [3.05, 3.63) is 59.8 Å². The van der Waals surface area contributed by atoms with Gasteiger partial charge < -0.3 is 14.7 Å². The van der Waals surface area contributed by atoms with Crippen molar-refractivity contribution in [3.8, 4) is 11.6 Å². The fraction of sp³-hybridized carbons (Fsp3) is 0.333. The Hall–Kier alpha value is -3.53. The van der Waals surface area contributed by atoms with Gasteiger partial charge in [-0.05, 0) is 43.2 Å². The van der Waals surface area contributed by atoms with Crippen molar-refractivity contribution in [1.82, 2.24) is 29.6 Å². The van der Waals surface area contributed by atoms with E-state index < -0.39 is 0 Å². The molecule has 5 rings (SSSR count). The van der Waals surface area contributed by atoms with Gasteiger partial charge in [0.2, 0.25) is 0 Å². The van der Waals surface area contributed by atoms with Crippen LogP contribution in [-0.2, 0) is 6.42 Å². The van der Waals surface area contributed by atoms with Crippen molar-refractivity contribution in [3.63, 3.8) is 0 Å². The Bertz CT molecular complexity index is 1220. The fourth-order valence-electron chi connectivity index (χ4n) is 4.13. The highest BCUT2D eigenvalue weighted by Crippen LogP contribution is 2.39. The van der Waals surface area contributed by atoms with E-state index in [0.717, 1.165) is 30.8 Å². The van der Waals surface area contributed by atoms with Gasteiger partial charge >= 0.3 is 0 Å². The molecule has 1 aromatic carbocycles. The lowest BCUT2D eigenvalue weighted by Crippen LogP contribution is -2.25. The maximum Gasteiger partial charge on any atom is 0.177 e. The fourth-order valence-corrected chi connectivity index (χ4v) is 4.13. The van der Waals surface area contributed by atoms with Crippen LogP contribution in [-0.4, -0.2) is 55.0 Å². The second-order valence-electron chi connectivity index (χ2n) is 7.44. The number of imidazole rings is 1. The van der Waals surface area contributed by atoms with E-state index in [1.165, 1.54) is 6.07 Å². The molecule has 1 aliphatic heterocycles. The maximum absolute atomic E-state index is 14.0. The lowest BCUT2D eigenvalue weighted by atomic mass is 10.0. The number of hydrogen-bond donors (Lipinski definition) is 1. The zero-order chi connectivity index (χ0) is 21.4. The van der Waals surface area contributed by atoms with E-state index in [0.29, 0.717) is 29.3 Å². The second kappa shape index (κ2) is 7.95. The van der Waals surface area contributed by atoms with E-state index in [1.807, 2.05) is 12.1 Å². The van der Waals surface area contributed by atoms with Crippen LogP contribution in [0.15, 0.2) is 42.7 Å². The van der Waals surface area contributed by atoms with Crippen molar-refractivity contribution in [1.29, 1.82) is 0 Å². The van der Waals surface area contributed by atoms with Gasteiger partial charge in [0.15, 0.2) is 11.5 Å². The molecule has 1 saturated heterocycles. The standard InChI is InChI=1S/C21H22FN7O2/c1-31-18-5-4-14(22)11-16(18)17-3-2-9-27(17)20-7-6-19-23-12-21(29(19)25-20)28-13-15(8-10-30)24-26-28/h4-7,11-13,17,30H,2-3,8-10H2,1H3/t17-/m1/s1. The first-order valence-electron chi connectivity index (χ1n) is 10.2. The monoisotopic (exact) mass is 423 g/mol. The number of anilines is 1. The molecule has 3 aromatic heterocycles. The summed E-state index contributed by atoms with van der Waals surface area (Å²) in [5.41, 5.74) is 2.18. The van der Waals surface area contributed by atoms with Crippen LogP contribution in [0, 0.1) is 5.82 Å². The van der Waals surface area contributed by atoms with E-state index in [4.69, 9.17) is 14.9 Å². The summed E-state index contributed by atoms with van der Waals surface area (Å²) in [5.74, 6) is 1.79. The Morgan fingerprint density at radius 3 is 3.00 bits per heavy atom. The van der Waals surface area contributed by atoms with Crippen LogP contribution >= 0.6 is 0 Å². The van der Waals surface area contributed by atoms with Crippen LogP contribution < -0.4 is 9.64 Å². The van der Waals surface area contributed by atoms with Crippen molar-refractivity contribution in [2.75, 3.05) is 25.2 Å². The highest BCUT2D eigenvalue weighted by Gasteiger charge is 2.30. The van der Waals surface area contributed by atoms with Gasteiger partial charge in [0, 0.05) is 25.1 Å². The summed E-state index contributed by atoms with van der Waals surface area (Å²) in [5, 5.41) is 22.1. The normalized spacial score (nSPS) is 16.4. The van der Waals surface area contributed by atoms with Gasteiger partial charge in [-0.3, -0.25) is 0 Å². The third-order valence-corrected chi connectivity index (χ3v) is 5.57. The smallest absolute Gasteiger partial charge is 0.177 e. The number of ether oxygens (including phenoxy) is 1. The van der Waals surface area contributed by atoms with Crippen LogP contribution in [0.1, 0.15) is 30.1 Å². The summed E-state index contributed by atoms with van der Waals surface area (Å²) < 4.78 is 22.8. The van der Waals surface area contributed by atoms with Crippen LogP contribution in [0.5, 0.6) is 5.75 Å². The predicted molar refractivity (Wildman–Crippen MR) is 111 cm³/mol. The average Bonchev–Trinajstić information content (AvgIpc) is 3.52. The van der Waals surface area contributed by atoms with Gasteiger partial charge in [-0.25, -0.2) is 14.1 Å². The Morgan fingerprint density at radius 2 is 2.16 bits per heavy atom. The first-order chi connectivity index (χ1) is 15.2. The maximum atomic E-state index is 14.0. The lowest BCUT2D eigenvalue weighted by Gasteiger charge is -2.27. The van der Waals surface area contributed by atoms with Crippen LogP contribution in [0.2, 0.25) is 0 Å². The van der Waals surface area contributed by atoms with Gasteiger partial charge in [0.05, 0.1) is 31.2 Å². The van der Waals surface area contributed by atoms with E-state index in [1.54, 1.807) is 40.8 Å². The highest BCUT2D eigenvalue weighted by atomic mass is 19.1. The quantitative estimate of drug-likeness (QED) is 0.509. The molecule has 9 nitrogen and oxygen atoms in total. The lowest BCUT2D eigenvalue weighted by molar-refractivity contribution is 0.298. The van der Waals surface area contributed by atoms with Gasteiger partial charge in [0.25, 0.3) is 0 Å². The summed E-state index contributed by atoms with van der Waals surface area (Å²) in [6.45, 7) is 0.810. The minimum atomic E-state index is -0.284. The Morgan fingerprint density at radius 1 is 1.26 bits per heavy atom. The van der Waals surface area contributed by atoms with Gasteiger partial charge in [-0.15, -0.1) is 10.2 Å². The molecular formula is C21H22FN7O2. The molecule has 1 fully saturated rings. The van der Waals surface area contributed by atoms with Crippen molar-refractivity contribution < 1.29 is 14.2 Å². The molecule has 1 atom stereocenters. The first-order valence-corrected chi connectivity index (χ1v) is 10.2. The first kappa shape index (κ1) is 19.4. The zero-order valence-corrected chi connectivity index (χ0v) is 17.0. The van der Waals surface area contributed by atoms with E-state index in [2.05, 4.69) is 20.2 Å². The highest BCUT2D eigenvalue weighted by molar-refractivity contribution is 5.52. The molecule has 1 aliphatic rings. The molecule has 4 aromatic rings. The molecule has 0 aliphatic carbocycles. The number of fused-ring (bicyclic) bond motifs is 1. The number of benzene rings is 1. The summed E-state index contributed by atoms with van der Waals surface area (Å²) in [6, 6.07) is 8.41. The number of aliphatic hydroxyl groups is 1. The summed E-state index contributed by atoms with van der Waals surface area (Å²) in [6.07, 6.45) is 5.71. The molecular weight excluding hydrogens is 401 g/mol. The Labute approximate surface area is 177 Å². The molecule has 0 amide bonds. The van der Waals surface area contributed by atoms with Gasteiger partial charge in [-0.1, -0.05) is 5.21 Å². The Kier molecular flexibility index (Phi) is 4.99. The van der Waals surface area contributed by atoms with E-state index in [9.17, 15) is 4.39 Å².